The lowest BCUT2D eigenvalue weighted by atomic mass is 10.1. The summed E-state index contributed by atoms with van der Waals surface area (Å²) in [5.41, 5.74) is 0.470. The first-order chi connectivity index (χ1) is 9.18. The summed E-state index contributed by atoms with van der Waals surface area (Å²) < 4.78 is 1.61. The molecule has 0 atom stereocenters. The predicted molar refractivity (Wildman–Crippen MR) is 68.7 cm³/mol. The molecule has 1 aromatic carbocycles. The second-order valence-corrected chi connectivity index (χ2v) is 3.99. The van der Waals surface area contributed by atoms with Gasteiger partial charge in [-0.15, -0.1) is 0 Å². The number of carbonyl (C=O) groups is 1. The summed E-state index contributed by atoms with van der Waals surface area (Å²) in [7, 11) is 0. The molecule has 0 radical (unpaired) electrons. The van der Waals surface area contributed by atoms with Gasteiger partial charge in [-0.25, -0.2) is 9.48 Å². The van der Waals surface area contributed by atoms with Crippen molar-refractivity contribution in [3.05, 3.63) is 58.6 Å². The molecular weight excluding hydrogens is 246 g/mol. The van der Waals surface area contributed by atoms with Crippen LogP contribution in [0.25, 0.3) is 16.6 Å². The highest BCUT2D eigenvalue weighted by atomic mass is 16.4. The maximum Gasteiger partial charge on any atom is 0.341 e. The van der Waals surface area contributed by atoms with Crippen LogP contribution in [0.4, 0.5) is 0 Å². The van der Waals surface area contributed by atoms with Crippen molar-refractivity contribution in [3.8, 4) is 5.69 Å². The molecule has 3 aromatic rings. The van der Waals surface area contributed by atoms with E-state index >= 15 is 0 Å². The molecule has 0 saturated carbocycles. The number of nitrogens with one attached hydrogen (secondary N) is 1. The molecule has 0 amide bonds. The van der Waals surface area contributed by atoms with E-state index in [1.165, 1.54) is 6.20 Å². The lowest BCUT2D eigenvalue weighted by molar-refractivity contribution is 0.0695. The van der Waals surface area contributed by atoms with Crippen molar-refractivity contribution in [2.24, 2.45) is 0 Å². The van der Waals surface area contributed by atoms with E-state index in [0.717, 1.165) is 0 Å². The number of carboxylic acids is 1. The van der Waals surface area contributed by atoms with Gasteiger partial charge in [0, 0.05) is 24.0 Å². The Morgan fingerprint density at radius 1 is 1.32 bits per heavy atom. The summed E-state index contributed by atoms with van der Waals surface area (Å²) in [6, 6.07) is 6.85. The second kappa shape index (κ2) is 4.09. The number of hydrogen-bond acceptors (Lipinski definition) is 3. The molecule has 0 fully saturated rings. The lowest BCUT2D eigenvalue weighted by Crippen LogP contribution is -2.16. The highest BCUT2D eigenvalue weighted by Crippen LogP contribution is 2.17. The number of fused-ring (bicyclic) bond motifs is 1. The standard InChI is InChI=1S/C13H9N3O3/c17-12-8-3-1-4-10(16-6-2-5-15-16)11(8)14-7-9(12)13(18)19/h1-7H,(H,14,17)(H,18,19). The van der Waals surface area contributed by atoms with Gasteiger partial charge in [0.1, 0.15) is 5.56 Å². The van der Waals surface area contributed by atoms with E-state index in [1.807, 2.05) is 0 Å². The molecule has 0 saturated heterocycles. The van der Waals surface area contributed by atoms with Gasteiger partial charge in [-0.05, 0) is 18.2 Å². The Kier molecular flexibility index (Phi) is 2.42. The summed E-state index contributed by atoms with van der Waals surface area (Å²) in [6.07, 6.45) is 4.58. The van der Waals surface area contributed by atoms with Crippen LogP contribution >= 0.6 is 0 Å². The van der Waals surface area contributed by atoms with Crippen LogP contribution in [0, 0.1) is 0 Å². The number of benzene rings is 1. The van der Waals surface area contributed by atoms with Gasteiger partial charge >= 0.3 is 5.97 Å². The lowest BCUT2D eigenvalue weighted by Gasteiger charge is -2.06. The summed E-state index contributed by atoms with van der Waals surface area (Å²) in [5.74, 6) is -1.24. The van der Waals surface area contributed by atoms with Gasteiger partial charge in [-0.3, -0.25) is 4.79 Å². The van der Waals surface area contributed by atoms with Crippen molar-refractivity contribution in [1.29, 1.82) is 0 Å². The predicted octanol–water partition coefficient (Wildman–Crippen LogP) is 1.41. The fraction of sp³-hybridized carbons (Fsp3) is 0. The second-order valence-electron chi connectivity index (χ2n) is 3.99. The Morgan fingerprint density at radius 3 is 2.84 bits per heavy atom. The molecule has 0 spiro atoms. The van der Waals surface area contributed by atoms with Crippen LogP contribution in [-0.2, 0) is 0 Å². The Morgan fingerprint density at radius 2 is 2.16 bits per heavy atom. The molecule has 19 heavy (non-hydrogen) atoms. The average molecular weight is 255 g/mol. The third-order valence-electron chi connectivity index (χ3n) is 2.87. The molecule has 6 heteroatoms. The highest BCUT2D eigenvalue weighted by molar-refractivity contribution is 5.94. The number of para-hydroxylation sites is 1. The van der Waals surface area contributed by atoms with Gasteiger partial charge in [-0.2, -0.15) is 5.10 Å². The van der Waals surface area contributed by atoms with Crippen LogP contribution in [0.3, 0.4) is 0 Å². The third kappa shape index (κ3) is 1.70. The van der Waals surface area contributed by atoms with Gasteiger partial charge in [-0.1, -0.05) is 6.07 Å². The largest absolute Gasteiger partial charge is 0.477 e. The summed E-state index contributed by atoms with van der Waals surface area (Å²) in [4.78, 5) is 25.9. The van der Waals surface area contributed by atoms with E-state index in [9.17, 15) is 9.59 Å². The Hall–Kier alpha value is -2.89. The topological polar surface area (TPSA) is 88.0 Å². The number of aromatic nitrogens is 3. The minimum absolute atomic E-state index is 0.273. The number of hydrogen-bond donors (Lipinski definition) is 2. The minimum Gasteiger partial charge on any atom is -0.477 e. The number of aromatic carboxylic acids is 1. The zero-order valence-electron chi connectivity index (χ0n) is 9.70. The van der Waals surface area contributed by atoms with Crippen molar-refractivity contribution < 1.29 is 9.90 Å². The number of H-pyrrole nitrogens is 1. The Bertz CT molecular complexity index is 819. The smallest absolute Gasteiger partial charge is 0.341 e. The first-order valence-corrected chi connectivity index (χ1v) is 5.56. The van der Waals surface area contributed by atoms with E-state index in [2.05, 4.69) is 10.1 Å². The SMILES string of the molecule is O=C(O)c1c[nH]c2c(-n3cccn3)cccc2c1=O. The van der Waals surface area contributed by atoms with E-state index < -0.39 is 11.4 Å². The molecule has 0 bridgehead atoms. The minimum atomic E-state index is -1.24. The zero-order valence-corrected chi connectivity index (χ0v) is 9.70. The fourth-order valence-corrected chi connectivity index (χ4v) is 2.00. The molecular formula is C13H9N3O3. The quantitative estimate of drug-likeness (QED) is 0.724. The molecule has 3 rings (SSSR count). The Balaban J connectivity index is 2.37. The third-order valence-corrected chi connectivity index (χ3v) is 2.87. The van der Waals surface area contributed by atoms with E-state index in [-0.39, 0.29) is 5.56 Å². The molecule has 0 unspecified atom stereocenters. The summed E-state index contributed by atoms with van der Waals surface area (Å²) in [5, 5.41) is 13.4. The fourth-order valence-electron chi connectivity index (χ4n) is 2.00. The molecule has 6 nitrogen and oxygen atoms in total. The zero-order chi connectivity index (χ0) is 13.4. The van der Waals surface area contributed by atoms with Crippen LogP contribution in [0.5, 0.6) is 0 Å². The van der Waals surface area contributed by atoms with Crippen molar-refractivity contribution >= 4 is 16.9 Å². The number of aromatic amines is 1. The molecule has 0 aliphatic rings. The van der Waals surface area contributed by atoms with Crippen molar-refractivity contribution in [2.75, 3.05) is 0 Å². The average Bonchev–Trinajstić information content (AvgIpc) is 2.92. The van der Waals surface area contributed by atoms with Gasteiger partial charge in [0.25, 0.3) is 0 Å². The summed E-state index contributed by atoms with van der Waals surface area (Å²) >= 11 is 0. The molecule has 2 heterocycles. The maximum atomic E-state index is 12.1. The van der Waals surface area contributed by atoms with Crippen molar-refractivity contribution in [3.63, 3.8) is 0 Å². The molecule has 0 aliphatic heterocycles. The van der Waals surface area contributed by atoms with E-state index in [4.69, 9.17) is 5.11 Å². The van der Waals surface area contributed by atoms with Crippen molar-refractivity contribution in [1.82, 2.24) is 14.8 Å². The first kappa shape index (κ1) is 11.2. The van der Waals surface area contributed by atoms with Crippen LogP contribution in [0.15, 0.2) is 47.7 Å². The first-order valence-electron chi connectivity index (χ1n) is 5.56. The van der Waals surface area contributed by atoms with E-state index in [1.54, 1.807) is 41.3 Å². The molecule has 94 valence electrons. The van der Waals surface area contributed by atoms with Gasteiger partial charge in [0.15, 0.2) is 0 Å². The maximum absolute atomic E-state index is 12.1. The van der Waals surface area contributed by atoms with Gasteiger partial charge in [0.2, 0.25) is 5.43 Å². The van der Waals surface area contributed by atoms with Crippen LogP contribution < -0.4 is 5.43 Å². The summed E-state index contributed by atoms with van der Waals surface area (Å²) in [6.45, 7) is 0. The van der Waals surface area contributed by atoms with E-state index in [0.29, 0.717) is 16.6 Å². The monoisotopic (exact) mass is 255 g/mol. The molecule has 2 aromatic heterocycles. The van der Waals surface area contributed by atoms with Gasteiger partial charge in [0.05, 0.1) is 11.2 Å². The Labute approximate surface area is 106 Å². The van der Waals surface area contributed by atoms with Gasteiger partial charge < -0.3 is 10.1 Å². The highest BCUT2D eigenvalue weighted by Gasteiger charge is 2.13. The normalized spacial score (nSPS) is 10.7. The number of carboxylic acid groups (broad SMARTS) is 1. The molecule has 2 N–H and O–H groups in total. The van der Waals surface area contributed by atoms with Crippen LogP contribution in [-0.4, -0.2) is 25.8 Å². The molecule has 0 aliphatic carbocycles. The number of nitrogens with zero attached hydrogens (tertiary/aromatic N) is 2. The van der Waals surface area contributed by atoms with Crippen molar-refractivity contribution in [2.45, 2.75) is 0 Å². The van der Waals surface area contributed by atoms with Crippen LogP contribution in [0.1, 0.15) is 10.4 Å². The van der Waals surface area contributed by atoms with Crippen LogP contribution in [0.2, 0.25) is 0 Å². The number of pyridine rings is 1. The number of rotatable bonds is 2.